The van der Waals surface area contributed by atoms with Crippen molar-refractivity contribution in [2.75, 3.05) is 14.2 Å². The van der Waals surface area contributed by atoms with Gasteiger partial charge >= 0.3 is 12.1 Å². The summed E-state index contributed by atoms with van der Waals surface area (Å²) >= 11 is 0. The molecule has 1 rings (SSSR count). The summed E-state index contributed by atoms with van der Waals surface area (Å²) in [6, 6.07) is 7.68. The smallest absolute Gasteiger partial charge is 0.408 e. The third-order valence-electron chi connectivity index (χ3n) is 2.77. The van der Waals surface area contributed by atoms with Crippen LogP contribution in [0.1, 0.15) is 12.0 Å². The van der Waals surface area contributed by atoms with Gasteiger partial charge in [-0.2, -0.15) is 0 Å². The molecule has 120 valence electrons. The fourth-order valence-electron chi connectivity index (χ4n) is 1.59. The standard InChI is InChI=1S/C14H18N2O6/c1-16(21-2)13(19)11(8-12(17)18)15-14(20)22-9-10-6-4-3-5-7-10/h3-7,11H,8-9H2,1-2H3,(H,15,20)(H,17,18)/t11-/m0/s1. The van der Waals surface area contributed by atoms with Crippen LogP contribution in [0.2, 0.25) is 0 Å². The topological polar surface area (TPSA) is 105 Å². The SMILES string of the molecule is CON(C)C(=O)[C@H](CC(=O)O)NC(=O)OCc1ccccc1. The van der Waals surface area contributed by atoms with Crippen molar-refractivity contribution >= 4 is 18.0 Å². The first-order valence-electron chi connectivity index (χ1n) is 6.44. The maximum absolute atomic E-state index is 11.9. The third kappa shape index (κ3) is 5.80. The lowest BCUT2D eigenvalue weighted by Crippen LogP contribution is -2.48. The molecule has 0 saturated carbocycles. The first-order chi connectivity index (χ1) is 10.4. The highest BCUT2D eigenvalue weighted by atomic mass is 16.7. The van der Waals surface area contributed by atoms with Gasteiger partial charge in [0, 0.05) is 7.05 Å². The number of ether oxygens (including phenoxy) is 1. The van der Waals surface area contributed by atoms with Crippen LogP contribution in [-0.2, 0) is 25.8 Å². The van der Waals surface area contributed by atoms with Crippen molar-refractivity contribution in [3.05, 3.63) is 35.9 Å². The van der Waals surface area contributed by atoms with Crippen LogP contribution in [0.15, 0.2) is 30.3 Å². The number of alkyl carbamates (subject to hydrolysis) is 1. The molecule has 0 radical (unpaired) electrons. The molecule has 0 aliphatic heterocycles. The second-order valence-electron chi connectivity index (χ2n) is 4.37. The van der Waals surface area contributed by atoms with E-state index in [4.69, 9.17) is 9.84 Å². The lowest BCUT2D eigenvalue weighted by atomic mass is 10.2. The lowest BCUT2D eigenvalue weighted by Gasteiger charge is -2.21. The van der Waals surface area contributed by atoms with Crippen LogP contribution >= 0.6 is 0 Å². The Morgan fingerprint density at radius 1 is 1.27 bits per heavy atom. The lowest BCUT2D eigenvalue weighted by molar-refractivity contribution is -0.172. The van der Waals surface area contributed by atoms with Gasteiger partial charge in [-0.25, -0.2) is 9.86 Å². The van der Waals surface area contributed by atoms with Crippen molar-refractivity contribution in [3.63, 3.8) is 0 Å². The largest absolute Gasteiger partial charge is 0.481 e. The van der Waals surface area contributed by atoms with Crippen LogP contribution in [0, 0.1) is 0 Å². The van der Waals surface area contributed by atoms with Gasteiger partial charge in [0.25, 0.3) is 5.91 Å². The number of hydrogen-bond acceptors (Lipinski definition) is 5. The van der Waals surface area contributed by atoms with Crippen LogP contribution in [-0.4, -0.2) is 48.3 Å². The number of carbonyl (C=O) groups excluding carboxylic acids is 2. The molecular weight excluding hydrogens is 292 g/mol. The van der Waals surface area contributed by atoms with E-state index in [1.807, 2.05) is 6.07 Å². The summed E-state index contributed by atoms with van der Waals surface area (Å²) in [5, 5.41) is 11.9. The van der Waals surface area contributed by atoms with Crippen molar-refractivity contribution in [2.24, 2.45) is 0 Å². The minimum atomic E-state index is -1.27. The molecule has 8 nitrogen and oxygen atoms in total. The minimum Gasteiger partial charge on any atom is -0.481 e. The van der Waals surface area contributed by atoms with Gasteiger partial charge in [-0.3, -0.25) is 14.4 Å². The molecule has 1 aromatic carbocycles. The Balaban J connectivity index is 2.58. The number of carboxylic acids is 1. The number of likely N-dealkylation sites (N-methyl/N-ethyl adjacent to an activating group) is 1. The van der Waals surface area contributed by atoms with E-state index in [0.29, 0.717) is 0 Å². The van der Waals surface area contributed by atoms with E-state index in [1.165, 1.54) is 14.2 Å². The molecule has 1 aromatic rings. The second kappa shape index (κ2) is 8.63. The van der Waals surface area contributed by atoms with E-state index in [0.717, 1.165) is 10.6 Å². The molecule has 0 fully saturated rings. The quantitative estimate of drug-likeness (QED) is 0.721. The summed E-state index contributed by atoms with van der Waals surface area (Å²) in [5.74, 6) is -1.92. The number of rotatable bonds is 7. The van der Waals surface area contributed by atoms with E-state index in [9.17, 15) is 14.4 Å². The van der Waals surface area contributed by atoms with E-state index in [-0.39, 0.29) is 6.61 Å². The van der Waals surface area contributed by atoms with Crippen molar-refractivity contribution in [1.82, 2.24) is 10.4 Å². The van der Waals surface area contributed by atoms with Crippen LogP contribution in [0.5, 0.6) is 0 Å². The minimum absolute atomic E-state index is 0.0147. The predicted molar refractivity (Wildman–Crippen MR) is 75.6 cm³/mol. The van der Waals surface area contributed by atoms with Gasteiger partial charge < -0.3 is 15.2 Å². The molecule has 0 aromatic heterocycles. The zero-order valence-electron chi connectivity index (χ0n) is 12.3. The number of hydroxylamine groups is 2. The third-order valence-corrected chi connectivity index (χ3v) is 2.77. The van der Waals surface area contributed by atoms with Gasteiger partial charge in [0.1, 0.15) is 12.6 Å². The normalized spacial score (nSPS) is 11.4. The zero-order chi connectivity index (χ0) is 16.5. The van der Waals surface area contributed by atoms with E-state index in [2.05, 4.69) is 10.2 Å². The molecule has 0 saturated heterocycles. The number of carboxylic acid groups (broad SMARTS) is 1. The fraction of sp³-hybridized carbons (Fsp3) is 0.357. The monoisotopic (exact) mass is 310 g/mol. The molecule has 0 heterocycles. The van der Waals surface area contributed by atoms with Gasteiger partial charge in [0.2, 0.25) is 0 Å². The van der Waals surface area contributed by atoms with Gasteiger partial charge in [0.05, 0.1) is 13.5 Å². The van der Waals surface area contributed by atoms with Crippen LogP contribution < -0.4 is 5.32 Å². The molecule has 0 spiro atoms. The van der Waals surface area contributed by atoms with Crippen molar-refractivity contribution < 1.29 is 29.1 Å². The summed E-state index contributed by atoms with van der Waals surface area (Å²) in [5.41, 5.74) is 0.771. The fourth-order valence-corrected chi connectivity index (χ4v) is 1.59. The number of aliphatic carboxylic acids is 1. The average molecular weight is 310 g/mol. The Bertz CT molecular complexity index is 519. The summed E-state index contributed by atoms with van der Waals surface area (Å²) in [7, 11) is 2.57. The van der Waals surface area contributed by atoms with Crippen LogP contribution in [0.25, 0.3) is 0 Å². The maximum Gasteiger partial charge on any atom is 0.408 e. The molecule has 2 amide bonds. The van der Waals surface area contributed by atoms with Gasteiger partial charge in [-0.1, -0.05) is 30.3 Å². The molecule has 8 heteroatoms. The van der Waals surface area contributed by atoms with Crippen molar-refractivity contribution in [2.45, 2.75) is 19.1 Å². The molecule has 1 atom stereocenters. The molecule has 0 unspecified atom stereocenters. The molecule has 22 heavy (non-hydrogen) atoms. The summed E-state index contributed by atoms with van der Waals surface area (Å²) in [4.78, 5) is 39.0. The highest BCUT2D eigenvalue weighted by molar-refractivity contribution is 5.88. The zero-order valence-corrected chi connectivity index (χ0v) is 12.3. The van der Waals surface area contributed by atoms with Gasteiger partial charge in [0.15, 0.2) is 0 Å². The summed E-state index contributed by atoms with van der Waals surface area (Å²) < 4.78 is 4.95. The Kier molecular flexibility index (Phi) is 6.84. The van der Waals surface area contributed by atoms with Crippen molar-refractivity contribution in [1.29, 1.82) is 0 Å². The summed E-state index contributed by atoms with van der Waals surface area (Å²) in [6.45, 7) is 0.0147. The highest BCUT2D eigenvalue weighted by Gasteiger charge is 2.27. The predicted octanol–water partition coefficient (Wildman–Crippen LogP) is 0.776. The molecule has 0 aliphatic rings. The number of nitrogens with one attached hydrogen (secondary N) is 1. The Morgan fingerprint density at radius 3 is 2.45 bits per heavy atom. The van der Waals surface area contributed by atoms with Crippen LogP contribution in [0.4, 0.5) is 4.79 Å². The molecule has 0 aliphatic carbocycles. The number of nitrogens with zero attached hydrogens (tertiary/aromatic N) is 1. The Morgan fingerprint density at radius 2 is 1.91 bits per heavy atom. The maximum atomic E-state index is 11.9. The number of hydrogen-bond donors (Lipinski definition) is 2. The number of amides is 2. The molecule has 2 N–H and O–H groups in total. The van der Waals surface area contributed by atoms with E-state index < -0.39 is 30.4 Å². The van der Waals surface area contributed by atoms with Crippen LogP contribution in [0.3, 0.4) is 0 Å². The van der Waals surface area contributed by atoms with Gasteiger partial charge in [-0.05, 0) is 5.56 Å². The van der Waals surface area contributed by atoms with E-state index >= 15 is 0 Å². The second-order valence-corrected chi connectivity index (χ2v) is 4.37. The van der Waals surface area contributed by atoms with E-state index in [1.54, 1.807) is 24.3 Å². The Hall–Kier alpha value is -2.61. The highest BCUT2D eigenvalue weighted by Crippen LogP contribution is 2.03. The van der Waals surface area contributed by atoms with Gasteiger partial charge in [-0.15, -0.1) is 0 Å². The average Bonchev–Trinajstić information content (AvgIpc) is 2.51. The first-order valence-corrected chi connectivity index (χ1v) is 6.44. The number of benzene rings is 1. The summed E-state index contributed by atoms with van der Waals surface area (Å²) in [6.07, 6.45) is -1.46. The molecule has 0 bridgehead atoms. The van der Waals surface area contributed by atoms with Crippen molar-refractivity contribution in [3.8, 4) is 0 Å². The number of carbonyl (C=O) groups is 3. The molecular formula is C14H18N2O6. The Labute approximate surface area is 127 Å². The first kappa shape index (κ1) is 17.4.